The van der Waals surface area contributed by atoms with Crippen molar-refractivity contribution >= 4 is 87.6 Å². The fourth-order valence-corrected chi connectivity index (χ4v) is 9.60. The molecule has 2 aromatic heterocycles. The molecule has 0 atom stereocenters. The third-order valence-electron chi connectivity index (χ3n) is 11.0. The van der Waals surface area contributed by atoms with Gasteiger partial charge >= 0.3 is 0 Å². The third-order valence-corrected chi connectivity index (χ3v) is 12.2. The molecule has 9 aromatic carbocycles. The van der Waals surface area contributed by atoms with Gasteiger partial charge in [-0.15, -0.1) is 11.3 Å². The van der Waals surface area contributed by atoms with Gasteiger partial charge in [0.05, 0.1) is 16.1 Å². The van der Waals surface area contributed by atoms with Crippen LogP contribution in [0.2, 0.25) is 0 Å². The number of fused-ring (bicyclic) bond motifs is 6. The Bertz CT molecular complexity index is 3130. The van der Waals surface area contributed by atoms with E-state index in [1.807, 2.05) is 23.5 Å². The normalized spacial score (nSPS) is 11.4. The molecule has 4 heteroatoms. The van der Waals surface area contributed by atoms with E-state index in [1.54, 1.807) is 0 Å². The molecule has 0 spiro atoms. The zero-order valence-corrected chi connectivity index (χ0v) is 32.3. The van der Waals surface area contributed by atoms with Crippen molar-refractivity contribution in [2.24, 2.45) is 0 Å². The highest BCUT2D eigenvalue weighted by Crippen LogP contribution is 2.50. The zero-order chi connectivity index (χ0) is 38.4. The number of furan rings is 1. The first-order chi connectivity index (χ1) is 28.8. The highest BCUT2D eigenvalue weighted by atomic mass is 32.1. The summed E-state index contributed by atoms with van der Waals surface area (Å²) in [5.74, 6) is 0. The van der Waals surface area contributed by atoms with Crippen molar-refractivity contribution in [3.05, 3.63) is 218 Å². The molecule has 0 aliphatic heterocycles. The summed E-state index contributed by atoms with van der Waals surface area (Å²) in [5, 5.41) is 4.66. The van der Waals surface area contributed by atoms with E-state index < -0.39 is 0 Å². The molecule has 0 bridgehead atoms. The Kier molecular flexibility index (Phi) is 8.34. The Hall–Kier alpha value is -7.40. The number of hydrogen-bond acceptors (Lipinski definition) is 4. The number of hydrogen-bond donors (Lipinski definition) is 0. The van der Waals surface area contributed by atoms with Crippen molar-refractivity contribution in [1.29, 1.82) is 0 Å². The van der Waals surface area contributed by atoms with Crippen LogP contribution in [0.15, 0.2) is 223 Å². The topological polar surface area (TPSA) is 19.6 Å². The maximum absolute atomic E-state index is 6.53. The van der Waals surface area contributed by atoms with Gasteiger partial charge in [-0.2, -0.15) is 0 Å². The van der Waals surface area contributed by atoms with Crippen molar-refractivity contribution in [1.82, 2.24) is 0 Å². The second kappa shape index (κ2) is 14.3. The van der Waals surface area contributed by atoms with Crippen LogP contribution in [0.4, 0.5) is 34.1 Å². The van der Waals surface area contributed by atoms with Crippen LogP contribution in [0, 0.1) is 0 Å². The first-order valence-electron chi connectivity index (χ1n) is 19.6. The number of para-hydroxylation sites is 3. The average Bonchev–Trinajstić information content (AvgIpc) is 3.87. The van der Waals surface area contributed by atoms with E-state index in [0.717, 1.165) is 67.2 Å². The molecule has 0 fully saturated rings. The van der Waals surface area contributed by atoms with Crippen LogP contribution in [0.3, 0.4) is 0 Å². The predicted octanol–water partition coefficient (Wildman–Crippen LogP) is 16.2. The van der Waals surface area contributed by atoms with Crippen LogP contribution >= 0.6 is 11.3 Å². The molecule has 0 N–H and O–H groups in total. The molecule has 0 aliphatic carbocycles. The first-order valence-corrected chi connectivity index (χ1v) is 20.4. The summed E-state index contributed by atoms with van der Waals surface area (Å²) in [5.41, 5.74) is 13.0. The van der Waals surface area contributed by atoms with E-state index in [4.69, 9.17) is 4.42 Å². The van der Waals surface area contributed by atoms with Gasteiger partial charge in [0.1, 0.15) is 11.2 Å². The lowest BCUT2D eigenvalue weighted by Gasteiger charge is -2.28. The molecule has 0 saturated heterocycles. The van der Waals surface area contributed by atoms with Gasteiger partial charge in [0, 0.05) is 55.1 Å². The van der Waals surface area contributed by atoms with Crippen molar-refractivity contribution in [3.8, 4) is 22.3 Å². The summed E-state index contributed by atoms with van der Waals surface area (Å²) in [7, 11) is 0. The minimum absolute atomic E-state index is 0.860. The van der Waals surface area contributed by atoms with E-state index in [1.165, 1.54) is 31.3 Å². The van der Waals surface area contributed by atoms with Crippen molar-refractivity contribution in [2.45, 2.75) is 0 Å². The summed E-state index contributed by atoms with van der Waals surface area (Å²) >= 11 is 1.84. The summed E-state index contributed by atoms with van der Waals surface area (Å²) < 4.78 is 8.97. The van der Waals surface area contributed by atoms with E-state index in [2.05, 4.69) is 216 Å². The van der Waals surface area contributed by atoms with Gasteiger partial charge in [-0.1, -0.05) is 133 Å². The number of anilines is 6. The zero-order valence-electron chi connectivity index (χ0n) is 31.5. The third kappa shape index (κ3) is 5.90. The van der Waals surface area contributed by atoms with Gasteiger partial charge in [-0.3, -0.25) is 0 Å². The first kappa shape index (κ1) is 33.9. The molecule has 58 heavy (non-hydrogen) atoms. The van der Waals surface area contributed by atoms with Gasteiger partial charge in [0.2, 0.25) is 0 Å². The van der Waals surface area contributed by atoms with Gasteiger partial charge in [-0.25, -0.2) is 0 Å². The molecule has 0 saturated carbocycles. The second-order valence-electron chi connectivity index (χ2n) is 14.5. The van der Waals surface area contributed by atoms with E-state index in [0.29, 0.717) is 0 Å². The largest absolute Gasteiger partial charge is 0.456 e. The van der Waals surface area contributed by atoms with Crippen LogP contribution in [0.1, 0.15) is 0 Å². The molecule has 11 aromatic rings. The summed E-state index contributed by atoms with van der Waals surface area (Å²) in [6.45, 7) is 0. The lowest BCUT2D eigenvalue weighted by atomic mass is 9.97. The van der Waals surface area contributed by atoms with Crippen LogP contribution < -0.4 is 9.80 Å². The van der Waals surface area contributed by atoms with Gasteiger partial charge in [-0.05, 0) is 101 Å². The number of benzene rings is 9. The fourth-order valence-electron chi connectivity index (χ4n) is 8.37. The lowest BCUT2D eigenvalue weighted by molar-refractivity contribution is 0.669. The Morgan fingerprint density at radius 2 is 0.862 bits per heavy atom. The highest BCUT2D eigenvalue weighted by Gasteiger charge is 2.24. The van der Waals surface area contributed by atoms with Gasteiger partial charge in [0.15, 0.2) is 0 Å². The minimum Gasteiger partial charge on any atom is -0.456 e. The van der Waals surface area contributed by atoms with Gasteiger partial charge in [0.25, 0.3) is 0 Å². The SMILES string of the molecule is c1ccc(-c2cc(-c3ccccc3)cc(N(c3ccc4c(c3)oc3ccccc34)c3cccc4c3sc3cccc(N(c5ccccc5)c5ccccc5)c34)c2)cc1. The van der Waals surface area contributed by atoms with Crippen LogP contribution in [-0.4, -0.2) is 0 Å². The standard InChI is InChI=1S/C54H36N2OS/c1-5-17-37(18-6-1)39-33-40(38-19-7-2-8-20-38)35-44(34-39)56(43-31-32-46-45-25-13-14-29-50(45)57-51(46)36-43)49-28-15-26-47-53-48(27-16-30-52(53)58-54(47)49)55(41-21-9-3-10-22-41)42-23-11-4-12-24-42/h1-36H. The molecule has 11 rings (SSSR count). The summed E-state index contributed by atoms with van der Waals surface area (Å²) in [6, 6.07) is 78.1. The predicted molar refractivity (Wildman–Crippen MR) is 247 cm³/mol. The lowest BCUT2D eigenvalue weighted by Crippen LogP contribution is -2.11. The number of thiophene rings is 1. The van der Waals surface area contributed by atoms with Crippen LogP contribution in [-0.2, 0) is 0 Å². The van der Waals surface area contributed by atoms with Gasteiger partial charge < -0.3 is 14.2 Å². The van der Waals surface area contributed by atoms with Crippen LogP contribution in [0.25, 0.3) is 64.4 Å². The maximum Gasteiger partial charge on any atom is 0.137 e. The van der Waals surface area contributed by atoms with Crippen molar-refractivity contribution in [2.75, 3.05) is 9.80 Å². The molecule has 274 valence electrons. The van der Waals surface area contributed by atoms with Crippen molar-refractivity contribution in [3.63, 3.8) is 0 Å². The molecular formula is C54H36N2OS. The summed E-state index contributed by atoms with van der Waals surface area (Å²) in [4.78, 5) is 4.80. The molecule has 3 nitrogen and oxygen atoms in total. The van der Waals surface area contributed by atoms with E-state index in [-0.39, 0.29) is 0 Å². The smallest absolute Gasteiger partial charge is 0.137 e. The Labute approximate surface area is 340 Å². The molecule has 0 radical (unpaired) electrons. The quantitative estimate of drug-likeness (QED) is 0.154. The number of nitrogens with zero attached hydrogens (tertiary/aromatic N) is 2. The minimum atomic E-state index is 0.860. The number of rotatable bonds is 8. The Balaban J connectivity index is 1.19. The maximum atomic E-state index is 6.53. The monoisotopic (exact) mass is 760 g/mol. The van der Waals surface area contributed by atoms with E-state index in [9.17, 15) is 0 Å². The van der Waals surface area contributed by atoms with Crippen LogP contribution in [0.5, 0.6) is 0 Å². The molecule has 0 unspecified atom stereocenters. The molecule has 0 aliphatic rings. The Morgan fingerprint density at radius 3 is 1.53 bits per heavy atom. The van der Waals surface area contributed by atoms with E-state index >= 15 is 0 Å². The molecule has 0 amide bonds. The highest BCUT2D eigenvalue weighted by molar-refractivity contribution is 7.26. The molecular weight excluding hydrogens is 725 g/mol. The average molecular weight is 761 g/mol. The Morgan fingerprint density at radius 1 is 0.328 bits per heavy atom. The van der Waals surface area contributed by atoms with Crippen molar-refractivity contribution < 1.29 is 4.42 Å². The molecule has 2 heterocycles. The second-order valence-corrected chi connectivity index (χ2v) is 15.6. The fraction of sp³-hybridized carbons (Fsp3) is 0. The summed E-state index contributed by atoms with van der Waals surface area (Å²) in [6.07, 6.45) is 0.